The highest BCUT2D eigenvalue weighted by molar-refractivity contribution is 5.89. The minimum atomic E-state index is -0.327. The van der Waals surface area contributed by atoms with Crippen LogP contribution in [0.2, 0.25) is 0 Å². The maximum Gasteiger partial charge on any atom is 0.338 e. The summed E-state index contributed by atoms with van der Waals surface area (Å²) in [5.74, 6) is -0.327. The van der Waals surface area contributed by atoms with Gasteiger partial charge in [0.1, 0.15) is 0 Å². The van der Waals surface area contributed by atoms with Gasteiger partial charge in [0.2, 0.25) is 0 Å². The molecule has 0 amide bonds. The van der Waals surface area contributed by atoms with Crippen LogP contribution in [0.1, 0.15) is 28.4 Å². The van der Waals surface area contributed by atoms with Crippen LogP contribution >= 0.6 is 0 Å². The number of hydrogen-bond acceptors (Lipinski definition) is 3. The Hall–Kier alpha value is -2.36. The Morgan fingerprint density at radius 1 is 1.20 bits per heavy atom. The summed E-state index contributed by atoms with van der Waals surface area (Å²) in [5.41, 5.74) is 2.20. The first-order valence-corrected chi connectivity index (χ1v) is 6.54. The highest BCUT2D eigenvalue weighted by atomic mass is 16.5. The first kappa shape index (κ1) is 14.1. The third-order valence-electron chi connectivity index (χ3n) is 3.03. The van der Waals surface area contributed by atoms with E-state index in [0.29, 0.717) is 18.7 Å². The third kappa shape index (κ3) is 3.15. The van der Waals surface area contributed by atoms with Crippen LogP contribution in [0.5, 0.6) is 0 Å². The van der Waals surface area contributed by atoms with E-state index in [9.17, 15) is 9.59 Å². The number of pyridine rings is 1. The fraction of sp³-hybridized carbons (Fsp3) is 0.250. The molecule has 20 heavy (non-hydrogen) atoms. The van der Waals surface area contributed by atoms with Crippen molar-refractivity contribution in [3.8, 4) is 0 Å². The zero-order valence-electron chi connectivity index (χ0n) is 11.6. The highest BCUT2D eigenvalue weighted by Crippen LogP contribution is 2.07. The number of esters is 1. The van der Waals surface area contributed by atoms with Gasteiger partial charge in [-0.2, -0.15) is 0 Å². The minimum Gasteiger partial charge on any atom is -0.462 e. The molecule has 0 aliphatic carbocycles. The standard InChI is InChI=1S/C16H17NO3/c1-3-20-16(19)14-8-6-13(7-9-14)11-17-10-4-5-12(2)15(17)18/h4-10H,3,11H2,1-2H3. The average molecular weight is 271 g/mol. The van der Waals surface area contributed by atoms with Crippen molar-refractivity contribution in [3.05, 3.63) is 69.6 Å². The minimum absolute atomic E-state index is 0.00182. The van der Waals surface area contributed by atoms with Crippen molar-refractivity contribution in [2.75, 3.05) is 6.61 Å². The van der Waals surface area contributed by atoms with Gasteiger partial charge < -0.3 is 9.30 Å². The first-order chi connectivity index (χ1) is 9.61. The summed E-state index contributed by atoms with van der Waals surface area (Å²) in [6, 6.07) is 10.7. The van der Waals surface area contributed by atoms with Crippen LogP contribution in [-0.4, -0.2) is 17.1 Å². The Bertz CT molecular complexity index is 656. The molecule has 104 valence electrons. The van der Waals surface area contributed by atoms with Gasteiger partial charge in [-0.3, -0.25) is 4.79 Å². The second kappa shape index (κ2) is 6.19. The molecule has 0 saturated carbocycles. The van der Waals surface area contributed by atoms with Crippen LogP contribution in [0.3, 0.4) is 0 Å². The molecule has 0 aliphatic heterocycles. The second-order valence-corrected chi connectivity index (χ2v) is 4.54. The van der Waals surface area contributed by atoms with Crippen LogP contribution in [-0.2, 0) is 11.3 Å². The molecule has 1 aromatic heterocycles. The first-order valence-electron chi connectivity index (χ1n) is 6.54. The molecule has 4 heteroatoms. The summed E-state index contributed by atoms with van der Waals surface area (Å²) >= 11 is 0. The van der Waals surface area contributed by atoms with Gasteiger partial charge in [-0.25, -0.2) is 4.79 Å². The Kier molecular flexibility index (Phi) is 4.35. The summed E-state index contributed by atoms with van der Waals surface area (Å²) in [7, 11) is 0. The van der Waals surface area contributed by atoms with Crippen molar-refractivity contribution < 1.29 is 9.53 Å². The number of benzene rings is 1. The second-order valence-electron chi connectivity index (χ2n) is 4.54. The quantitative estimate of drug-likeness (QED) is 0.802. The van der Waals surface area contributed by atoms with Crippen LogP contribution < -0.4 is 5.56 Å². The molecule has 0 bridgehead atoms. The van der Waals surface area contributed by atoms with E-state index in [1.54, 1.807) is 42.8 Å². The molecule has 4 nitrogen and oxygen atoms in total. The van der Waals surface area contributed by atoms with Gasteiger partial charge in [0.15, 0.2) is 0 Å². The number of carbonyl (C=O) groups is 1. The molecule has 0 radical (unpaired) electrons. The van der Waals surface area contributed by atoms with Crippen molar-refractivity contribution in [1.82, 2.24) is 4.57 Å². The Labute approximate surface area is 117 Å². The number of hydrogen-bond donors (Lipinski definition) is 0. The van der Waals surface area contributed by atoms with E-state index in [2.05, 4.69) is 0 Å². The zero-order chi connectivity index (χ0) is 14.5. The summed E-state index contributed by atoms with van der Waals surface area (Å²) in [6.45, 7) is 4.42. The van der Waals surface area contributed by atoms with Crippen molar-refractivity contribution >= 4 is 5.97 Å². The zero-order valence-corrected chi connectivity index (χ0v) is 11.6. The maximum absolute atomic E-state index is 11.9. The van der Waals surface area contributed by atoms with Gasteiger partial charge in [0.25, 0.3) is 5.56 Å². The van der Waals surface area contributed by atoms with E-state index in [1.165, 1.54) is 0 Å². The Morgan fingerprint density at radius 3 is 2.55 bits per heavy atom. The molecular formula is C16H17NO3. The molecular weight excluding hydrogens is 254 g/mol. The molecule has 0 spiro atoms. The smallest absolute Gasteiger partial charge is 0.338 e. The number of nitrogens with zero attached hydrogens (tertiary/aromatic N) is 1. The number of aryl methyl sites for hydroxylation is 1. The molecule has 0 aliphatic rings. The van der Waals surface area contributed by atoms with Gasteiger partial charge >= 0.3 is 5.97 Å². The third-order valence-corrected chi connectivity index (χ3v) is 3.03. The number of aromatic nitrogens is 1. The number of ether oxygens (including phenoxy) is 1. The summed E-state index contributed by atoms with van der Waals surface area (Å²) < 4.78 is 6.57. The van der Waals surface area contributed by atoms with Crippen molar-refractivity contribution in [2.24, 2.45) is 0 Å². The summed E-state index contributed by atoms with van der Waals surface area (Å²) in [6.07, 6.45) is 1.76. The lowest BCUT2D eigenvalue weighted by Gasteiger charge is -2.07. The van der Waals surface area contributed by atoms with Gasteiger partial charge in [-0.1, -0.05) is 18.2 Å². The predicted octanol–water partition coefficient (Wildman–Crippen LogP) is 2.38. The molecule has 0 saturated heterocycles. The molecule has 0 unspecified atom stereocenters. The summed E-state index contributed by atoms with van der Waals surface area (Å²) in [5, 5.41) is 0. The van der Waals surface area contributed by atoms with Gasteiger partial charge in [-0.05, 0) is 37.6 Å². The molecule has 2 rings (SSSR count). The maximum atomic E-state index is 11.9. The Morgan fingerprint density at radius 2 is 1.90 bits per heavy atom. The molecule has 1 aromatic carbocycles. The SMILES string of the molecule is CCOC(=O)c1ccc(Cn2cccc(C)c2=O)cc1. The fourth-order valence-corrected chi connectivity index (χ4v) is 1.94. The van der Waals surface area contributed by atoms with Crippen LogP contribution in [0.25, 0.3) is 0 Å². The van der Waals surface area contributed by atoms with Crippen molar-refractivity contribution in [2.45, 2.75) is 20.4 Å². The van der Waals surface area contributed by atoms with E-state index in [4.69, 9.17) is 4.74 Å². The highest BCUT2D eigenvalue weighted by Gasteiger charge is 2.06. The molecule has 0 N–H and O–H groups in total. The topological polar surface area (TPSA) is 48.3 Å². The van der Waals surface area contributed by atoms with Crippen molar-refractivity contribution in [3.63, 3.8) is 0 Å². The number of carbonyl (C=O) groups excluding carboxylic acids is 1. The fourth-order valence-electron chi connectivity index (χ4n) is 1.94. The van der Waals surface area contributed by atoms with Crippen LogP contribution in [0.15, 0.2) is 47.4 Å². The molecule has 1 heterocycles. The lowest BCUT2D eigenvalue weighted by Crippen LogP contribution is -2.21. The normalized spacial score (nSPS) is 10.3. The van der Waals surface area contributed by atoms with Gasteiger partial charge in [0, 0.05) is 11.8 Å². The van der Waals surface area contributed by atoms with E-state index in [0.717, 1.165) is 11.1 Å². The van der Waals surface area contributed by atoms with Crippen LogP contribution in [0, 0.1) is 6.92 Å². The number of rotatable bonds is 4. The largest absolute Gasteiger partial charge is 0.462 e. The van der Waals surface area contributed by atoms with Crippen LogP contribution in [0.4, 0.5) is 0 Å². The molecule has 0 atom stereocenters. The van der Waals surface area contributed by atoms with Gasteiger partial charge in [-0.15, -0.1) is 0 Å². The monoisotopic (exact) mass is 271 g/mol. The lowest BCUT2D eigenvalue weighted by atomic mass is 10.1. The lowest BCUT2D eigenvalue weighted by molar-refractivity contribution is 0.0526. The average Bonchev–Trinajstić information content (AvgIpc) is 2.45. The summed E-state index contributed by atoms with van der Waals surface area (Å²) in [4.78, 5) is 23.5. The van der Waals surface area contributed by atoms with E-state index in [-0.39, 0.29) is 11.5 Å². The predicted molar refractivity (Wildman–Crippen MR) is 76.9 cm³/mol. The van der Waals surface area contributed by atoms with E-state index >= 15 is 0 Å². The Balaban J connectivity index is 2.17. The van der Waals surface area contributed by atoms with E-state index in [1.807, 2.05) is 18.2 Å². The molecule has 0 fully saturated rings. The van der Waals surface area contributed by atoms with Gasteiger partial charge in [0.05, 0.1) is 18.7 Å². The van der Waals surface area contributed by atoms with Crippen molar-refractivity contribution in [1.29, 1.82) is 0 Å². The molecule has 2 aromatic rings. The van der Waals surface area contributed by atoms with E-state index < -0.39 is 0 Å².